The fraction of sp³-hybridized carbons (Fsp3) is 0.286. The van der Waals surface area contributed by atoms with E-state index in [0.29, 0.717) is 0 Å². The lowest BCUT2D eigenvalue weighted by atomic mass is 10.5. The van der Waals surface area contributed by atoms with Gasteiger partial charge in [-0.05, 0) is 12.1 Å². The van der Waals surface area contributed by atoms with E-state index < -0.39 is 40.7 Å². The highest BCUT2D eigenvalue weighted by molar-refractivity contribution is 8.18. The van der Waals surface area contributed by atoms with Crippen molar-refractivity contribution >= 4 is 29.7 Å². The van der Waals surface area contributed by atoms with E-state index in [0.717, 1.165) is 12.3 Å². The van der Waals surface area contributed by atoms with Crippen LogP contribution in [-0.4, -0.2) is 16.0 Å². The van der Waals surface area contributed by atoms with Crippen molar-refractivity contribution in [3.05, 3.63) is 24.4 Å². The van der Waals surface area contributed by atoms with Crippen LogP contribution in [-0.2, 0) is 0 Å². The smallest absolute Gasteiger partial charge is 0.238 e. The third kappa shape index (κ3) is 5.91. The summed E-state index contributed by atoms with van der Waals surface area (Å²) in [5, 5.41) is 0. The van der Waals surface area contributed by atoms with Gasteiger partial charge in [-0.2, -0.15) is 26.3 Å². The number of halogens is 6. The Labute approximate surface area is 101 Å². The maximum atomic E-state index is 12.1. The summed E-state index contributed by atoms with van der Waals surface area (Å²) in [7, 11) is 0. The SMILES string of the molecule is FC(F)(F)SN(SC(F)(F)F)c1ccccn1. The van der Waals surface area contributed by atoms with Crippen molar-refractivity contribution in [2.24, 2.45) is 0 Å². The number of hydrogen-bond donors (Lipinski definition) is 0. The van der Waals surface area contributed by atoms with E-state index in [9.17, 15) is 26.3 Å². The molecule has 2 nitrogen and oxygen atoms in total. The minimum Gasteiger partial charge on any atom is -0.238 e. The van der Waals surface area contributed by atoms with Crippen LogP contribution in [0.5, 0.6) is 0 Å². The summed E-state index contributed by atoms with van der Waals surface area (Å²) >= 11 is -1.81. The molecule has 0 saturated heterocycles. The molecule has 17 heavy (non-hydrogen) atoms. The van der Waals surface area contributed by atoms with Gasteiger partial charge >= 0.3 is 11.0 Å². The summed E-state index contributed by atoms with van der Waals surface area (Å²) in [6.45, 7) is 0. The highest BCUT2D eigenvalue weighted by Crippen LogP contribution is 2.45. The zero-order valence-electron chi connectivity index (χ0n) is 7.79. The topological polar surface area (TPSA) is 16.1 Å². The molecule has 0 fully saturated rings. The standard InChI is InChI=1S/C7H4F6N2S2/c8-6(9,10)16-15(17-7(11,12)13)5-3-1-2-4-14-5/h1-4H. The molecular formula is C7H4F6N2S2. The average Bonchev–Trinajstić information content (AvgIpc) is 2.14. The molecule has 0 radical (unpaired) electrons. The van der Waals surface area contributed by atoms with Gasteiger partial charge in [-0.15, -0.1) is 0 Å². The van der Waals surface area contributed by atoms with Crippen molar-refractivity contribution in [3.8, 4) is 0 Å². The van der Waals surface area contributed by atoms with Gasteiger partial charge in [0.15, 0.2) is 0 Å². The number of alkyl halides is 6. The molecule has 96 valence electrons. The molecule has 0 saturated carbocycles. The highest BCUT2D eigenvalue weighted by Gasteiger charge is 2.40. The third-order valence-electron chi connectivity index (χ3n) is 1.21. The molecule has 0 bridgehead atoms. The first-order valence-corrected chi connectivity index (χ1v) is 5.45. The van der Waals surface area contributed by atoms with Crippen LogP contribution in [0.2, 0.25) is 0 Å². The molecule has 1 rings (SSSR count). The van der Waals surface area contributed by atoms with Crippen LogP contribution in [0.15, 0.2) is 24.4 Å². The molecule has 0 aromatic carbocycles. The van der Waals surface area contributed by atoms with Gasteiger partial charge in [-0.1, -0.05) is 6.07 Å². The Balaban J connectivity index is 2.87. The molecule has 0 N–H and O–H groups in total. The Kier molecular flexibility index (Phi) is 4.42. The molecule has 1 aromatic heterocycles. The van der Waals surface area contributed by atoms with Crippen LogP contribution in [0.25, 0.3) is 0 Å². The second kappa shape index (κ2) is 5.25. The molecule has 0 aliphatic rings. The van der Waals surface area contributed by atoms with Crippen molar-refractivity contribution in [1.82, 2.24) is 4.98 Å². The zero-order chi connectivity index (χ0) is 13.1. The molecule has 0 spiro atoms. The lowest BCUT2D eigenvalue weighted by Crippen LogP contribution is -2.19. The lowest BCUT2D eigenvalue weighted by Gasteiger charge is -2.22. The number of nitrogens with zero attached hydrogens (tertiary/aromatic N) is 2. The quantitative estimate of drug-likeness (QED) is 0.612. The van der Waals surface area contributed by atoms with Crippen LogP contribution in [0.1, 0.15) is 0 Å². The average molecular weight is 294 g/mol. The number of rotatable bonds is 3. The molecule has 0 unspecified atom stereocenters. The minimum atomic E-state index is -4.82. The summed E-state index contributed by atoms with van der Waals surface area (Å²) in [5.41, 5.74) is -9.65. The highest BCUT2D eigenvalue weighted by atomic mass is 32.2. The molecule has 10 heteroatoms. The monoisotopic (exact) mass is 294 g/mol. The van der Waals surface area contributed by atoms with Crippen molar-refractivity contribution < 1.29 is 26.3 Å². The van der Waals surface area contributed by atoms with Crippen LogP contribution < -0.4 is 3.71 Å². The van der Waals surface area contributed by atoms with Crippen molar-refractivity contribution in [2.75, 3.05) is 3.71 Å². The molecule has 0 aliphatic carbocycles. The van der Waals surface area contributed by atoms with Gasteiger partial charge in [0.05, 0.1) is 23.9 Å². The second-order valence-electron chi connectivity index (χ2n) is 2.52. The maximum absolute atomic E-state index is 12.1. The Morgan fingerprint density at radius 2 is 1.47 bits per heavy atom. The summed E-state index contributed by atoms with van der Waals surface area (Å²) in [4.78, 5) is 3.43. The van der Waals surface area contributed by atoms with Crippen LogP contribution in [0.4, 0.5) is 32.2 Å². The Morgan fingerprint density at radius 3 is 1.82 bits per heavy atom. The Morgan fingerprint density at radius 1 is 0.941 bits per heavy atom. The summed E-state index contributed by atoms with van der Waals surface area (Å²) in [6.07, 6.45) is 1.11. The molecule has 0 aliphatic heterocycles. The summed E-state index contributed by atoms with van der Waals surface area (Å²) in [5.74, 6) is -0.433. The predicted octanol–water partition coefficient (Wildman–Crippen LogP) is 4.22. The Bertz CT molecular complexity index is 336. The van der Waals surface area contributed by atoms with Gasteiger partial charge in [0.1, 0.15) is 5.82 Å². The zero-order valence-corrected chi connectivity index (χ0v) is 9.42. The molecule has 0 atom stereocenters. The first kappa shape index (κ1) is 14.3. The number of aromatic nitrogens is 1. The maximum Gasteiger partial charge on any atom is 0.462 e. The molecule has 1 heterocycles. The van der Waals surface area contributed by atoms with Crippen LogP contribution >= 0.6 is 23.9 Å². The minimum absolute atomic E-state index is 0.0278. The van der Waals surface area contributed by atoms with E-state index in [1.54, 1.807) is 0 Å². The fourth-order valence-electron chi connectivity index (χ4n) is 0.762. The lowest BCUT2D eigenvalue weighted by molar-refractivity contribution is -0.0340. The van der Waals surface area contributed by atoms with Gasteiger partial charge in [0.2, 0.25) is 0 Å². The van der Waals surface area contributed by atoms with Crippen LogP contribution in [0, 0.1) is 0 Å². The second-order valence-corrected chi connectivity index (χ2v) is 4.77. The number of anilines is 1. The van der Waals surface area contributed by atoms with Crippen molar-refractivity contribution in [3.63, 3.8) is 0 Å². The first-order valence-electron chi connectivity index (χ1n) is 3.90. The molecule has 1 aromatic rings. The number of pyridine rings is 1. The fourth-order valence-corrected chi connectivity index (χ4v) is 2.20. The third-order valence-corrected chi connectivity index (χ3v) is 2.78. The van der Waals surface area contributed by atoms with Gasteiger partial charge in [-0.25, -0.2) is 8.69 Å². The molecular weight excluding hydrogens is 290 g/mol. The van der Waals surface area contributed by atoms with Gasteiger partial charge in [-0.3, -0.25) is 0 Å². The summed E-state index contributed by atoms with van der Waals surface area (Å²) in [6, 6.07) is 3.73. The van der Waals surface area contributed by atoms with E-state index in [-0.39, 0.29) is 3.71 Å². The van der Waals surface area contributed by atoms with E-state index >= 15 is 0 Å². The van der Waals surface area contributed by atoms with E-state index in [1.165, 1.54) is 12.1 Å². The van der Waals surface area contributed by atoms with E-state index in [1.807, 2.05) is 0 Å². The first-order chi connectivity index (χ1) is 7.67. The number of hydrogen-bond acceptors (Lipinski definition) is 4. The van der Waals surface area contributed by atoms with Gasteiger partial charge in [0.25, 0.3) is 0 Å². The van der Waals surface area contributed by atoms with Gasteiger partial charge < -0.3 is 0 Å². The van der Waals surface area contributed by atoms with Crippen molar-refractivity contribution in [2.45, 2.75) is 11.0 Å². The van der Waals surface area contributed by atoms with E-state index in [4.69, 9.17) is 0 Å². The summed E-state index contributed by atoms with van der Waals surface area (Å²) < 4.78 is 72.4. The van der Waals surface area contributed by atoms with E-state index in [2.05, 4.69) is 4.98 Å². The Hall–Kier alpha value is -0.770. The molecule has 0 amide bonds. The van der Waals surface area contributed by atoms with Crippen LogP contribution in [0.3, 0.4) is 0 Å². The van der Waals surface area contributed by atoms with Crippen molar-refractivity contribution in [1.29, 1.82) is 0 Å². The van der Waals surface area contributed by atoms with Gasteiger partial charge in [0, 0.05) is 6.20 Å². The predicted molar refractivity (Wildman–Crippen MR) is 54.0 cm³/mol. The largest absolute Gasteiger partial charge is 0.462 e. The normalized spacial score (nSPS) is 12.6.